The minimum absolute atomic E-state index is 0.0109. The van der Waals surface area contributed by atoms with Gasteiger partial charge in [0, 0.05) is 12.2 Å². The van der Waals surface area contributed by atoms with Crippen molar-refractivity contribution in [1.29, 1.82) is 5.26 Å². The number of hydrogen-bond acceptors (Lipinski definition) is 4. The fourth-order valence-corrected chi connectivity index (χ4v) is 3.22. The van der Waals surface area contributed by atoms with Gasteiger partial charge in [-0.05, 0) is 24.5 Å². The van der Waals surface area contributed by atoms with Gasteiger partial charge in [0.1, 0.15) is 11.0 Å². The number of sulfonamides is 1. The van der Waals surface area contributed by atoms with E-state index in [0.717, 1.165) is 12.8 Å². The molecule has 0 radical (unpaired) electrons. The van der Waals surface area contributed by atoms with Gasteiger partial charge in [-0.1, -0.05) is 13.3 Å². The van der Waals surface area contributed by atoms with Crippen molar-refractivity contribution >= 4 is 10.0 Å². The molecule has 1 aliphatic carbocycles. The molecule has 5 nitrogen and oxygen atoms in total. The van der Waals surface area contributed by atoms with Crippen molar-refractivity contribution in [3.05, 3.63) is 24.0 Å². The summed E-state index contributed by atoms with van der Waals surface area (Å²) >= 11 is 0. The lowest BCUT2D eigenvalue weighted by Gasteiger charge is -2.06. The van der Waals surface area contributed by atoms with Gasteiger partial charge in [0.2, 0.25) is 10.0 Å². The third-order valence-corrected chi connectivity index (χ3v) is 4.44. The molecule has 90 valence electrons. The second-order valence-corrected chi connectivity index (χ2v) is 5.78. The SMILES string of the molecule is CCC1CC1NS(=O)(=O)c1cccnc1C#N. The Morgan fingerprint density at radius 3 is 3.00 bits per heavy atom. The van der Waals surface area contributed by atoms with Crippen LogP contribution in [0.3, 0.4) is 0 Å². The summed E-state index contributed by atoms with van der Waals surface area (Å²) in [5.74, 6) is 0.423. The molecular weight excluding hydrogens is 238 g/mol. The van der Waals surface area contributed by atoms with Crippen LogP contribution in [0.15, 0.2) is 23.2 Å². The van der Waals surface area contributed by atoms with E-state index in [1.165, 1.54) is 18.3 Å². The highest BCUT2D eigenvalue weighted by atomic mass is 32.2. The third-order valence-electron chi connectivity index (χ3n) is 2.92. The van der Waals surface area contributed by atoms with Crippen molar-refractivity contribution in [1.82, 2.24) is 9.71 Å². The summed E-state index contributed by atoms with van der Waals surface area (Å²) in [7, 11) is -3.62. The van der Waals surface area contributed by atoms with Crippen molar-refractivity contribution < 1.29 is 8.42 Å². The van der Waals surface area contributed by atoms with Crippen LogP contribution in [0.2, 0.25) is 0 Å². The monoisotopic (exact) mass is 251 g/mol. The van der Waals surface area contributed by atoms with Crippen molar-refractivity contribution in [2.45, 2.75) is 30.7 Å². The first-order chi connectivity index (χ1) is 8.08. The lowest BCUT2D eigenvalue weighted by Crippen LogP contribution is -2.27. The molecule has 6 heteroatoms. The molecule has 2 unspecified atom stereocenters. The predicted octanol–water partition coefficient (Wildman–Crippen LogP) is 1.03. The van der Waals surface area contributed by atoms with E-state index in [-0.39, 0.29) is 16.6 Å². The highest BCUT2D eigenvalue weighted by molar-refractivity contribution is 7.89. The Morgan fingerprint density at radius 1 is 1.65 bits per heavy atom. The fraction of sp³-hybridized carbons (Fsp3) is 0.455. The van der Waals surface area contributed by atoms with Crippen LogP contribution in [0.5, 0.6) is 0 Å². The average Bonchev–Trinajstić information content (AvgIpc) is 3.06. The van der Waals surface area contributed by atoms with Crippen LogP contribution in [0, 0.1) is 17.2 Å². The second-order valence-electron chi connectivity index (χ2n) is 4.09. The van der Waals surface area contributed by atoms with Crippen LogP contribution in [0.25, 0.3) is 0 Å². The maximum atomic E-state index is 12.0. The molecule has 0 saturated heterocycles. The summed E-state index contributed by atoms with van der Waals surface area (Å²) in [5, 5.41) is 8.82. The van der Waals surface area contributed by atoms with Gasteiger partial charge >= 0.3 is 0 Å². The highest BCUT2D eigenvalue weighted by Gasteiger charge is 2.39. The molecule has 2 rings (SSSR count). The largest absolute Gasteiger partial charge is 0.244 e. The predicted molar refractivity (Wildman–Crippen MR) is 61.5 cm³/mol. The molecule has 0 spiro atoms. The van der Waals surface area contributed by atoms with Crippen molar-refractivity contribution in [3.63, 3.8) is 0 Å². The molecule has 1 fully saturated rings. The lowest BCUT2D eigenvalue weighted by atomic mass is 10.3. The average molecular weight is 251 g/mol. The number of nitrogens with zero attached hydrogens (tertiary/aromatic N) is 2. The Labute approximate surface area is 101 Å². The van der Waals surface area contributed by atoms with Gasteiger partial charge in [0.05, 0.1) is 0 Å². The number of hydrogen-bond donors (Lipinski definition) is 1. The van der Waals surface area contributed by atoms with E-state index in [0.29, 0.717) is 5.92 Å². The molecule has 17 heavy (non-hydrogen) atoms. The number of aromatic nitrogens is 1. The molecule has 0 aromatic carbocycles. The first-order valence-corrected chi connectivity index (χ1v) is 6.94. The van der Waals surface area contributed by atoms with Gasteiger partial charge in [-0.25, -0.2) is 18.1 Å². The Balaban J connectivity index is 2.24. The zero-order valence-corrected chi connectivity index (χ0v) is 10.2. The van der Waals surface area contributed by atoms with Gasteiger partial charge in [0.25, 0.3) is 0 Å². The molecule has 1 aromatic rings. The molecule has 1 aromatic heterocycles. The van der Waals surface area contributed by atoms with Crippen molar-refractivity contribution in [2.24, 2.45) is 5.92 Å². The fourth-order valence-electron chi connectivity index (χ4n) is 1.80. The van der Waals surface area contributed by atoms with Gasteiger partial charge in [-0.2, -0.15) is 5.26 Å². The van der Waals surface area contributed by atoms with Crippen LogP contribution >= 0.6 is 0 Å². The molecule has 1 N–H and O–H groups in total. The van der Waals surface area contributed by atoms with E-state index in [9.17, 15) is 8.42 Å². The standard InChI is InChI=1S/C11H13N3O2S/c1-2-8-6-9(8)14-17(15,16)11-4-3-5-13-10(11)7-12/h3-5,8-9,14H,2,6H2,1H3. The topological polar surface area (TPSA) is 82.8 Å². The van der Waals surface area contributed by atoms with Crippen LogP contribution in [0.1, 0.15) is 25.5 Å². The summed E-state index contributed by atoms with van der Waals surface area (Å²) in [4.78, 5) is 3.71. The zero-order valence-electron chi connectivity index (χ0n) is 9.42. The van der Waals surface area contributed by atoms with E-state index in [1.807, 2.05) is 6.92 Å². The van der Waals surface area contributed by atoms with Gasteiger partial charge in [-0.15, -0.1) is 0 Å². The van der Waals surface area contributed by atoms with Crippen molar-refractivity contribution in [3.8, 4) is 6.07 Å². The Morgan fingerprint density at radius 2 is 2.41 bits per heavy atom. The minimum atomic E-state index is -3.62. The molecule has 0 aliphatic heterocycles. The Kier molecular flexibility index (Phi) is 3.13. The van der Waals surface area contributed by atoms with Crippen LogP contribution in [-0.4, -0.2) is 19.4 Å². The highest BCUT2D eigenvalue weighted by Crippen LogP contribution is 2.34. The van der Waals surface area contributed by atoms with E-state index < -0.39 is 10.0 Å². The first-order valence-electron chi connectivity index (χ1n) is 5.46. The van der Waals surface area contributed by atoms with E-state index in [2.05, 4.69) is 9.71 Å². The smallest absolute Gasteiger partial charge is 0.243 e. The Bertz CT molecular complexity index is 562. The summed E-state index contributed by atoms with van der Waals surface area (Å²) < 4.78 is 26.6. The summed E-state index contributed by atoms with van der Waals surface area (Å²) in [6, 6.07) is 4.71. The number of rotatable bonds is 4. The zero-order chi connectivity index (χ0) is 12.5. The maximum absolute atomic E-state index is 12.0. The van der Waals surface area contributed by atoms with Gasteiger partial charge < -0.3 is 0 Å². The molecule has 2 atom stereocenters. The summed E-state index contributed by atoms with van der Waals surface area (Å²) in [6.45, 7) is 2.03. The molecule has 0 amide bonds. The summed E-state index contributed by atoms with van der Waals surface area (Å²) in [5.41, 5.74) is -0.0614. The van der Waals surface area contributed by atoms with Gasteiger partial charge in [0.15, 0.2) is 5.69 Å². The molecular formula is C11H13N3O2S. The van der Waals surface area contributed by atoms with E-state index in [1.54, 1.807) is 6.07 Å². The Hall–Kier alpha value is -1.45. The lowest BCUT2D eigenvalue weighted by molar-refractivity contribution is 0.575. The van der Waals surface area contributed by atoms with E-state index >= 15 is 0 Å². The number of pyridine rings is 1. The minimum Gasteiger partial charge on any atom is -0.244 e. The molecule has 1 heterocycles. The van der Waals surface area contributed by atoms with Gasteiger partial charge in [-0.3, -0.25) is 0 Å². The molecule has 0 bridgehead atoms. The van der Waals surface area contributed by atoms with Crippen LogP contribution < -0.4 is 4.72 Å². The number of nitriles is 1. The van der Waals surface area contributed by atoms with Crippen LogP contribution in [-0.2, 0) is 10.0 Å². The second kappa shape index (κ2) is 4.43. The van der Waals surface area contributed by atoms with Crippen LogP contribution in [0.4, 0.5) is 0 Å². The third kappa shape index (κ3) is 2.46. The normalized spacial score (nSPS) is 23.1. The molecule has 1 aliphatic rings. The quantitative estimate of drug-likeness (QED) is 0.866. The number of nitrogens with one attached hydrogen (secondary N) is 1. The van der Waals surface area contributed by atoms with Crippen molar-refractivity contribution in [2.75, 3.05) is 0 Å². The maximum Gasteiger partial charge on any atom is 0.243 e. The first kappa shape index (κ1) is 12.0. The van der Waals surface area contributed by atoms with E-state index in [4.69, 9.17) is 5.26 Å². The summed E-state index contributed by atoms with van der Waals surface area (Å²) in [6.07, 6.45) is 3.24. The molecule has 1 saturated carbocycles.